The van der Waals surface area contributed by atoms with E-state index in [1.165, 1.54) is 6.92 Å². The normalized spacial score (nSPS) is 19.7. The number of urea groups is 1. The van der Waals surface area contributed by atoms with E-state index in [9.17, 15) is 9.59 Å². The highest BCUT2D eigenvalue weighted by Gasteiger charge is 2.24. The molecule has 2 rings (SSSR count). The minimum absolute atomic E-state index is 0.0181. The van der Waals surface area contributed by atoms with E-state index < -0.39 is 0 Å². The fourth-order valence-electron chi connectivity index (χ4n) is 2.71. The van der Waals surface area contributed by atoms with Crippen LogP contribution in [0.25, 0.3) is 0 Å². The van der Waals surface area contributed by atoms with Crippen molar-refractivity contribution in [2.75, 3.05) is 11.9 Å². The zero-order valence-corrected chi connectivity index (χ0v) is 13.9. The van der Waals surface area contributed by atoms with Crippen LogP contribution in [-0.4, -0.2) is 30.7 Å². The van der Waals surface area contributed by atoms with Crippen molar-refractivity contribution in [2.24, 2.45) is 0 Å². The van der Waals surface area contributed by atoms with Crippen LogP contribution in [0.5, 0.6) is 0 Å². The molecule has 1 aromatic rings. The van der Waals surface area contributed by atoms with Crippen molar-refractivity contribution in [3.05, 3.63) is 29.8 Å². The summed E-state index contributed by atoms with van der Waals surface area (Å²) in [4.78, 5) is 23.2. The van der Waals surface area contributed by atoms with Crippen LogP contribution in [0.15, 0.2) is 24.3 Å². The molecule has 126 valence electrons. The molecule has 3 N–H and O–H groups in total. The van der Waals surface area contributed by atoms with Crippen molar-refractivity contribution in [1.82, 2.24) is 10.6 Å². The topological polar surface area (TPSA) is 79.5 Å². The van der Waals surface area contributed by atoms with E-state index in [1.807, 2.05) is 38.1 Å². The summed E-state index contributed by atoms with van der Waals surface area (Å²) in [6.45, 7) is 6.10. The van der Waals surface area contributed by atoms with E-state index in [0.29, 0.717) is 0 Å². The lowest BCUT2D eigenvalue weighted by Crippen LogP contribution is -2.46. The molecule has 0 unspecified atom stereocenters. The molecule has 0 spiro atoms. The number of nitrogens with one attached hydrogen (secondary N) is 3. The van der Waals surface area contributed by atoms with E-state index in [0.717, 1.165) is 30.7 Å². The van der Waals surface area contributed by atoms with Gasteiger partial charge in [0.25, 0.3) is 0 Å². The summed E-state index contributed by atoms with van der Waals surface area (Å²) in [5.74, 6) is -0.120. The molecule has 6 heteroatoms. The van der Waals surface area contributed by atoms with Crippen molar-refractivity contribution < 1.29 is 14.3 Å². The second-order valence-corrected chi connectivity index (χ2v) is 5.99. The lowest BCUT2D eigenvalue weighted by molar-refractivity contribution is -0.114. The van der Waals surface area contributed by atoms with Crippen LogP contribution < -0.4 is 16.0 Å². The molecule has 0 aromatic heterocycles. The lowest BCUT2D eigenvalue weighted by Gasteiger charge is -2.22. The second kappa shape index (κ2) is 7.97. The highest BCUT2D eigenvalue weighted by atomic mass is 16.5. The van der Waals surface area contributed by atoms with Crippen molar-refractivity contribution in [2.45, 2.75) is 51.8 Å². The van der Waals surface area contributed by atoms with E-state index >= 15 is 0 Å². The predicted octanol–water partition coefficient (Wildman–Crippen LogP) is 2.57. The van der Waals surface area contributed by atoms with Crippen LogP contribution in [0.1, 0.15) is 45.2 Å². The number of benzene rings is 1. The smallest absolute Gasteiger partial charge is 0.315 e. The van der Waals surface area contributed by atoms with Crippen LogP contribution in [0.3, 0.4) is 0 Å². The Labute approximate surface area is 137 Å². The zero-order valence-electron chi connectivity index (χ0n) is 13.9. The monoisotopic (exact) mass is 319 g/mol. The minimum Gasteiger partial charge on any atom is -0.376 e. The summed E-state index contributed by atoms with van der Waals surface area (Å²) in [7, 11) is 0. The average Bonchev–Trinajstić information content (AvgIpc) is 3.00. The molecule has 1 saturated heterocycles. The minimum atomic E-state index is -0.217. The Morgan fingerprint density at radius 2 is 2.04 bits per heavy atom. The Balaban J connectivity index is 1.88. The summed E-state index contributed by atoms with van der Waals surface area (Å²) in [5, 5.41) is 8.58. The van der Waals surface area contributed by atoms with Crippen molar-refractivity contribution >= 4 is 17.6 Å². The standard InChI is InChI=1S/C17H25N3O3/c1-11(14-6-4-7-15(10-14)20-13(3)21)18-17(22)19-12(2)16-8-5-9-23-16/h4,6-7,10-12,16H,5,8-9H2,1-3H3,(H,20,21)(H2,18,19,22)/t11-,12-,16+/m0/s1. The first-order valence-corrected chi connectivity index (χ1v) is 8.02. The summed E-state index contributed by atoms with van der Waals surface area (Å²) in [5.41, 5.74) is 1.65. The highest BCUT2D eigenvalue weighted by molar-refractivity contribution is 5.88. The van der Waals surface area contributed by atoms with Gasteiger partial charge >= 0.3 is 6.03 Å². The van der Waals surface area contributed by atoms with Crippen LogP contribution in [-0.2, 0) is 9.53 Å². The molecule has 23 heavy (non-hydrogen) atoms. The molecule has 1 aromatic carbocycles. The Morgan fingerprint density at radius 3 is 2.70 bits per heavy atom. The fourth-order valence-corrected chi connectivity index (χ4v) is 2.71. The van der Waals surface area contributed by atoms with Crippen LogP contribution >= 0.6 is 0 Å². The third kappa shape index (κ3) is 5.25. The molecule has 0 aliphatic carbocycles. The van der Waals surface area contributed by atoms with Gasteiger partial charge in [-0.1, -0.05) is 12.1 Å². The van der Waals surface area contributed by atoms with Gasteiger partial charge in [0, 0.05) is 19.2 Å². The third-order valence-corrected chi connectivity index (χ3v) is 3.94. The number of hydrogen-bond acceptors (Lipinski definition) is 3. The van der Waals surface area contributed by atoms with Gasteiger partial charge < -0.3 is 20.7 Å². The van der Waals surface area contributed by atoms with Gasteiger partial charge in [0.2, 0.25) is 5.91 Å². The molecule has 3 atom stereocenters. The molecule has 1 aliphatic rings. The van der Waals surface area contributed by atoms with Gasteiger partial charge in [-0.15, -0.1) is 0 Å². The number of carbonyl (C=O) groups is 2. The molecule has 6 nitrogen and oxygen atoms in total. The van der Waals surface area contributed by atoms with Gasteiger partial charge in [-0.2, -0.15) is 0 Å². The molecule has 3 amide bonds. The average molecular weight is 319 g/mol. The lowest BCUT2D eigenvalue weighted by atomic mass is 10.1. The molecule has 0 radical (unpaired) electrons. The molecule has 1 fully saturated rings. The van der Waals surface area contributed by atoms with Gasteiger partial charge in [0.1, 0.15) is 0 Å². The van der Waals surface area contributed by atoms with E-state index in [-0.39, 0.29) is 30.1 Å². The van der Waals surface area contributed by atoms with E-state index in [1.54, 1.807) is 0 Å². The van der Waals surface area contributed by atoms with Crippen LogP contribution in [0.4, 0.5) is 10.5 Å². The first kappa shape index (κ1) is 17.3. The Morgan fingerprint density at radius 1 is 1.26 bits per heavy atom. The number of amides is 3. The largest absolute Gasteiger partial charge is 0.376 e. The maximum Gasteiger partial charge on any atom is 0.315 e. The second-order valence-electron chi connectivity index (χ2n) is 5.99. The van der Waals surface area contributed by atoms with E-state index in [4.69, 9.17) is 4.74 Å². The van der Waals surface area contributed by atoms with E-state index in [2.05, 4.69) is 16.0 Å². The molecule has 1 heterocycles. The predicted molar refractivity (Wildman–Crippen MR) is 89.3 cm³/mol. The Kier molecular flexibility index (Phi) is 5.98. The number of rotatable bonds is 5. The number of ether oxygens (including phenoxy) is 1. The quantitative estimate of drug-likeness (QED) is 0.780. The van der Waals surface area contributed by atoms with Crippen LogP contribution in [0.2, 0.25) is 0 Å². The summed E-state index contributed by atoms with van der Waals surface area (Å²) < 4.78 is 5.58. The molecular formula is C17H25N3O3. The maximum atomic E-state index is 12.1. The van der Waals surface area contributed by atoms with Gasteiger partial charge in [-0.05, 0) is 44.4 Å². The SMILES string of the molecule is CC(=O)Nc1cccc([C@H](C)NC(=O)N[C@@H](C)[C@H]2CCCO2)c1. The molecule has 0 bridgehead atoms. The number of carbonyl (C=O) groups excluding carboxylic acids is 2. The van der Waals surface area contributed by atoms with Gasteiger partial charge in [-0.3, -0.25) is 4.79 Å². The van der Waals surface area contributed by atoms with Crippen molar-refractivity contribution in [1.29, 1.82) is 0 Å². The summed E-state index contributed by atoms with van der Waals surface area (Å²) in [6.07, 6.45) is 2.12. The van der Waals surface area contributed by atoms with Gasteiger partial charge in [0.15, 0.2) is 0 Å². The fraction of sp³-hybridized carbons (Fsp3) is 0.529. The Hall–Kier alpha value is -2.08. The molecule has 1 aliphatic heterocycles. The molecular weight excluding hydrogens is 294 g/mol. The summed E-state index contributed by atoms with van der Waals surface area (Å²) >= 11 is 0. The third-order valence-electron chi connectivity index (χ3n) is 3.94. The number of anilines is 1. The van der Waals surface area contributed by atoms with Crippen molar-refractivity contribution in [3.8, 4) is 0 Å². The van der Waals surface area contributed by atoms with Crippen molar-refractivity contribution in [3.63, 3.8) is 0 Å². The first-order chi connectivity index (χ1) is 11.0. The Bertz CT molecular complexity index is 556. The van der Waals surface area contributed by atoms with Gasteiger partial charge in [0.05, 0.1) is 18.2 Å². The maximum absolute atomic E-state index is 12.1. The molecule has 0 saturated carbocycles. The highest BCUT2D eigenvalue weighted by Crippen LogP contribution is 2.18. The first-order valence-electron chi connectivity index (χ1n) is 8.02. The van der Waals surface area contributed by atoms with Gasteiger partial charge in [-0.25, -0.2) is 4.79 Å². The number of hydrogen-bond donors (Lipinski definition) is 3. The zero-order chi connectivity index (χ0) is 16.8. The summed E-state index contributed by atoms with van der Waals surface area (Å²) in [6, 6.07) is 7.04. The van der Waals surface area contributed by atoms with Crippen LogP contribution in [0, 0.1) is 0 Å².